The Kier molecular flexibility index (Phi) is 20.1. The minimum absolute atomic E-state index is 0.00413. The largest absolute Gasteiger partial charge is 0.480 e. The number of piperazine rings is 3. The van der Waals surface area contributed by atoms with Gasteiger partial charge < -0.3 is 54.6 Å². The number of carboxylic acid groups (broad SMARTS) is 3. The molecule has 4 N–H and O–H groups in total. The third kappa shape index (κ3) is 13.4. The number of hydrogen-bond donors (Lipinski definition) is 4. The lowest BCUT2D eigenvalue weighted by atomic mass is 9.63. The SMILES string of the molecule is O=C1Cc2ccccc2N(C(=O)N2CCN(C(=O)C3(c4ccccc4)CCC(c4ccc5c(c4)-c4ccccc4C5(O)C(=O)N4CCN(C(=O)N(c5ccccc5)c5cccc(C6CCCC(C(=O)N7CCN(C(=O)OCc8ccccc8)C[C@H]7C(=O)O)(c7ccccc7)C6)c5)C[C@H]4C(=O)O)C3)C[C@H]2C(=O)O)c2ccccc21. The van der Waals surface area contributed by atoms with Crippen molar-refractivity contribution in [2.75, 3.05) is 68.7 Å². The van der Waals surface area contributed by atoms with Gasteiger partial charge in [0.15, 0.2) is 11.4 Å². The van der Waals surface area contributed by atoms with Crippen molar-refractivity contribution in [2.24, 2.45) is 0 Å². The van der Waals surface area contributed by atoms with E-state index in [1.165, 1.54) is 29.4 Å². The van der Waals surface area contributed by atoms with Gasteiger partial charge in [0.1, 0.15) is 24.7 Å². The monoisotopic (exact) mass is 1520 g/mol. The van der Waals surface area contributed by atoms with Crippen LogP contribution in [0.5, 0.6) is 0 Å². The van der Waals surface area contributed by atoms with Crippen molar-refractivity contribution in [1.29, 1.82) is 0 Å². The van der Waals surface area contributed by atoms with Gasteiger partial charge in [-0.3, -0.25) is 29.0 Å². The lowest BCUT2D eigenvalue weighted by Gasteiger charge is -2.47. The fourth-order valence-electron chi connectivity index (χ4n) is 18.7. The summed E-state index contributed by atoms with van der Waals surface area (Å²) in [6, 6.07) is 64.7. The number of carbonyl (C=O) groups excluding carboxylic acids is 7. The lowest BCUT2D eigenvalue weighted by molar-refractivity contribution is -0.161. The van der Waals surface area contributed by atoms with Gasteiger partial charge in [-0.2, -0.15) is 0 Å². The third-order valence-electron chi connectivity index (χ3n) is 24.4. The third-order valence-corrected chi connectivity index (χ3v) is 24.4. The van der Waals surface area contributed by atoms with Gasteiger partial charge in [-0.15, -0.1) is 0 Å². The fourth-order valence-corrected chi connectivity index (χ4v) is 18.7. The van der Waals surface area contributed by atoms with Crippen molar-refractivity contribution >= 4 is 82.3 Å². The standard InChI is InChI=1S/C90H84N8O15/c99-78-51-61-23-13-17-36-73(61)98(74-37-18-15-34-69(74)78)86(110)96-48-43-91(54-77(96)81(104)105)82(106)89(65-28-9-3-10-29-65)42-40-63(53-89)60-38-39-72-70(50-60)68-33-14-16-35-71(68)90(72,112)84(108)95-46-44-92(55-75(95)79(100)101)85(109)97(66-30-11-4-12-31-66)67-32-19-24-59(49-67)62-25-20-41-88(52-62,64-26-7-2-8-27-64)83(107)94-47-45-93(56-76(94)80(102)103)87(111)113-57-58-21-5-1-6-22-58/h1-19,21-24,26-39,49-50,62-63,75-77,112H,20,25,40-48,51-57H2,(H,100,101)(H,102,103)(H,104,105)/t62?,63?,75-,76-,77-,88?,89?,90?/m0/s1. The van der Waals surface area contributed by atoms with E-state index in [9.17, 15) is 44.4 Å². The molecule has 3 aliphatic carbocycles. The minimum Gasteiger partial charge on any atom is -0.480 e. The Morgan fingerprint density at radius 1 is 0.442 bits per heavy atom. The quantitative estimate of drug-likeness (QED) is 0.0787. The topological polar surface area (TPSA) is 287 Å². The van der Waals surface area contributed by atoms with Gasteiger partial charge in [0.05, 0.1) is 53.2 Å². The smallest absolute Gasteiger partial charge is 0.410 e. The van der Waals surface area contributed by atoms with Gasteiger partial charge in [0, 0.05) is 62.4 Å². The summed E-state index contributed by atoms with van der Waals surface area (Å²) in [6.07, 6.45) is 2.49. The first-order valence-corrected chi connectivity index (χ1v) is 38.4. The molecule has 23 nitrogen and oxygen atoms in total. The number of ketones is 1. The Labute approximate surface area is 652 Å². The number of aliphatic carboxylic acids is 3. The van der Waals surface area contributed by atoms with Gasteiger partial charge in [0.2, 0.25) is 11.8 Å². The molecule has 0 radical (unpaired) electrons. The molecule has 3 saturated heterocycles. The van der Waals surface area contributed by atoms with Gasteiger partial charge in [-0.05, 0) is 137 Å². The molecule has 4 aliphatic heterocycles. The average molecular weight is 1520 g/mol. The maximum Gasteiger partial charge on any atom is 0.410 e. The van der Waals surface area contributed by atoms with Gasteiger partial charge in [0.25, 0.3) is 5.91 Å². The van der Waals surface area contributed by atoms with Crippen LogP contribution in [-0.4, -0.2) is 186 Å². The van der Waals surface area contributed by atoms with Gasteiger partial charge >= 0.3 is 36.1 Å². The second-order valence-corrected chi connectivity index (χ2v) is 30.5. The molecule has 0 spiro atoms. The number of benzene rings is 9. The number of nitrogens with zero attached hydrogens (tertiary/aromatic N) is 8. The van der Waals surface area contributed by atoms with E-state index in [1.54, 1.807) is 120 Å². The number of carbonyl (C=O) groups is 10. The molecule has 574 valence electrons. The summed E-state index contributed by atoms with van der Waals surface area (Å²) in [6.45, 7) is -1.55. The summed E-state index contributed by atoms with van der Waals surface area (Å²) in [5.41, 5.74) is 3.31. The zero-order chi connectivity index (χ0) is 78.5. The predicted octanol–water partition coefficient (Wildman–Crippen LogP) is 12.5. The number of para-hydroxylation sites is 3. The number of rotatable bonds is 14. The highest BCUT2D eigenvalue weighted by atomic mass is 16.6. The Balaban J connectivity index is 0.632. The summed E-state index contributed by atoms with van der Waals surface area (Å²) in [7, 11) is 0. The number of aliphatic hydroxyl groups is 1. The average Bonchev–Trinajstić information content (AvgIpc) is 1.58. The van der Waals surface area contributed by atoms with E-state index in [0.29, 0.717) is 83.5 Å². The molecule has 113 heavy (non-hydrogen) atoms. The van der Waals surface area contributed by atoms with E-state index in [0.717, 1.165) is 32.7 Å². The van der Waals surface area contributed by atoms with Crippen molar-refractivity contribution in [2.45, 2.75) is 104 Å². The summed E-state index contributed by atoms with van der Waals surface area (Å²) in [5.74, 6) is -6.25. The summed E-state index contributed by atoms with van der Waals surface area (Å²) in [4.78, 5) is 156. The van der Waals surface area contributed by atoms with E-state index in [1.807, 2.05) is 121 Å². The van der Waals surface area contributed by atoms with Crippen molar-refractivity contribution < 1.29 is 73.1 Å². The molecule has 5 fully saturated rings. The first kappa shape index (κ1) is 74.3. The number of anilines is 4. The number of Topliss-reactive ketones (excluding diaryl/α,β-unsaturated/α-hetero) is 1. The second kappa shape index (κ2) is 30.5. The first-order valence-electron chi connectivity index (χ1n) is 38.4. The molecule has 9 aromatic carbocycles. The van der Waals surface area contributed by atoms with Crippen LogP contribution in [0, 0.1) is 0 Å². The minimum atomic E-state index is -2.39. The van der Waals surface area contributed by atoms with Crippen LogP contribution in [0.3, 0.4) is 0 Å². The zero-order valence-corrected chi connectivity index (χ0v) is 62.0. The van der Waals surface area contributed by atoms with Crippen LogP contribution in [0.2, 0.25) is 0 Å². The predicted molar refractivity (Wildman–Crippen MR) is 419 cm³/mol. The van der Waals surface area contributed by atoms with Crippen LogP contribution in [0.4, 0.5) is 37.1 Å². The fraction of sp³-hybridized carbons (Fsp3) is 0.289. The first-order chi connectivity index (χ1) is 54.8. The van der Waals surface area contributed by atoms with Crippen LogP contribution in [0.25, 0.3) is 11.1 Å². The van der Waals surface area contributed by atoms with E-state index in [2.05, 4.69) is 0 Å². The Morgan fingerprint density at radius 2 is 0.956 bits per heavy atom. The van der Waals surface area contributed by atoms with Crippen LogP contribution in [0.1, 0.15) is 112 Å². The van der Waals surface area contributed by atoms with E-state index in [4.69, 9.17) is 4.74 Å². The molecule has 7 aliphatic rings. The number of amides is 8. The molecule has 23 heteroatoms. The highest BCUT2D eigenvalue weighted by Gasteiger charge is 2.56. The van der Waals surface area contributed by atoms with Crippen LogP contribution in [0.15, 0.2) is 237 Å². The van der Waals surface area contributed by atoms with Crippen LogP contribution in [-0.2, 0) is 63.0 Å². The highest BCUT2D eigenvalue weighted by molar-refractivity contribution is 6.13. The number of hydrogen-bond acceptors (Lipinski definition) is 12. The van der Waals surface area contributed by atoms with Crippen LogP contribution >= 0.6 is 0 Å². The highest BCUT2D eigenvalue weighted by Crippen LogP contribution is 2.55. The Bertz CT molecular complexity index is 5250. The molecule has 0 bridgehead atoms. The zero-order valence-electron chi connectivity index (χ0n) is 62.0. The maximum absolute atomic E-state index is 15.7. The molecule has 9 aromatic rings. The molecule has 8 atom stereocenters. The molecule has 0 aromatic heterocycles. The van der Waals surface area contributed by atoms with Gasteiger partial charge in [-0.25, -0.2) is 28.8 Å². The van der Waals surface area contributed by atoms with Crippen molar-refractivity contribution in [3.63, 3.8) is 0 Å². The van der Waals surface area contributed by atoms with Gasteiger partial charge in [-0.1, -0.05) is 201 Å². The maximum atomic E-state index is 15.7. The number of carboxylic acids is 3. The normalized spacial score (nSPS) is 23.2. The van der Waals surface area contributed by atoms with E-state index in [-0.39, 0.29) is 112 Å². The number of fused-ring (bicyclic) bond motifs is 5. The van der Waals surface area contributed by atoms with E-state index < -0.39 is 83.1 Å². The van der Waals surface area contributed by atoms with Crippen molar-refractivity contribution in [3.05, 3.63) is 287 Å². The van der Waals surface area contributed by atoms with Crippen molar-refractivity contribution in [1.82, 2.24) is 29.4 Å². The Hall–Kier alpha value is -12.8. The van der Waals surface area contributed by atoms with Crippen molar-refractivity contribution in [3.8, 4) is 11.1 Å². The molecule has 4 heterocycles. The number of urea groups is 2. The van der Waals surface area contributed by atoms with E-state index >= 15 is 24.0 Å². The molecule has 2 saturated carbocycles. The molecular formula is C90H84N8O15. The van der Waals surface area contributed by atoms with Crippen LogP contribution < -0.4 is 9.80 Å². The second-order valence-electron chi connectivity index (χ2n) is 30.5. The molecule has 5 unspecified atom stereocenters. The summed E-state index contributed by atoms with van der Waals surface area (Å²) < 4.78 is 5.59. The lowest BCUT2D eigenvalue weighted by Crippen LogP contribution is -2.63. The molecular weight excluding hydrogens is 1430 g/mol. The summed E-state index contributed by atoms with van der Waals surface area (Å²) >= 11 is 0. The summed E-state index contributed by atoms with van der Waals surface area (Å²) in [5, 5.41) is 46.3. The molecule has 8 amide bonds. The Morgan fingerprint density at radius 3 is 1.64 bits per heavy atom. The number of ether oxygens (including phenoxy) is 1. The molecule has 16 rings (SSSR count).